The van der Waals surface area contributed by atoms with Gasteiger partial charge < -0.3 is 5.32 Å². The third-order valence-electron chi connectivity index (χ3n) is 3.61. The van der Waals surface area contributed by atoms with Crippen LogP contribution in [0.1, 0.15) is 30.5 Å². The maximum atomic E-state index is 13.5. The molecule has 1 aromatic carbocycles. The molecule has 8 heteroatoms. The predicted octanol–water partition coefficient (Wildman–Crippen LogP) is 4.04. The van der Waals surface area contributed by atoms with Crippen LogP contribution in [0.4, 0.5) is 17.6 Å². The van der Waals surface area contributed by atoms with Crippen molar-refractivity contribution in [2.24, 2.45) is 0 Å². The molecule has 0 spiro atoms. The molecule has 2 nitrogen and oxygen atoms in total. The van der Waals surface area contributed by atoms with Gasteiger partial charge in [0.25, 0.3) is 0 Å². The first-order valence-corrected chi connectivity index (χ1v) is 6.74. The van der Waals surface area contributed by atoms with Crippen molar-refractivity contribution < 1.29 is 17.6 Å². The number of hydrogen-bond donors (Lipinski definition) is 1. The Morgan fingerprint density at radius 2 is 1.73 bits per heavy atom. The third-order valence-corrected chi connectivity index (χ3v) is 3.61. The molecule has 2 rings (SSSR count). The van der Waals surface area contributed by atoms with Crippen molar-refractivity contribution in [2.45, 2.75) is 25.6 Å². The Balaban J connectivity index is 0.00000220. The van der Waals surface area contributed by atoms with Gasteiger partial charge in [0.1, 0.15) is 5.82 Å². The van der Waals surface area contributed by atoms with Crippen LogP contribution in [0.5, 0.6) is 0 Å². The molecule has 0 bridgehead atoms. The number of benzene rings is 1. The van der Waals surface area contributed by atoms with Gasteiger partial charge in [0, 0.05) is 32.2 Å². The largest absolute Gasteiger partial charge is 0.416 e. The van der Waals surface area contributed by atoms with Gasteiger partial charge in [-0.05, 0) is 30.2 Å². The third kappa shape index (κ3) is 5.26. The molecule has 0 aliphatic carbocycles. The van der Waals surface area contributed by atoms with E-state index >= 15 is 0 Å². The van der Waals surface area contributed by atoms with E-state index in [0.717, 1.165) is 32.2 Å². The molecule has 1 aliphatic rings. The van der Waals surface area contributed by atoms with Crippen molar-refractivity contribution in [1.82, 2.24) is 10.2 Å². The molecule has 22 heavy (non-hydrogen) atoms. The zero-order valence-electron chi connectivity index (χ0n) is 12.1. The summed E-state index contributed by atoms with van der Waals surface area (Å²) in [5, 5.41) is 3.20. The summed E-state index contributed by atoms with van der Waals surface area (Å²) in [5.41, 5.74) is -0.511. The van der Waals surface area contributed by atoms with E-state index in [9.17, 15) is 17.6 Å². The summed E-state index contributed by atoms with van der Waals surface area (Å²) in [5.74, 6) is -0.830. The molecule has 1 aliphatic heterocycles. The molecule has 0 saturated carbocycles. The van der Waals surface area contributed by atoms with Gasteiger partial charge in [0.05, 0.1) is 5.56 Å². The Kier molecular flexibility index (Phi) is 8.69. The molecule has 1 fully saturated rings. The fourth-order valence-corrected chi connectivity index (χ4v) is 2.67. The van der Waals surface area contributed by atoms with Gasteiger partial charge in [-0.25, -0.2) is 4.39 Å². The summed E-state index contributed by atoms with van der Waals surface area (Å²) >= 11 is 0. The van der Waals surface area contributed by atoms with Gasteiger partial charge in [-0.1, -0.05) is 6.92 Å². The molecule has 0 aromatic heterocycles. The van der Waals surface area contributed by atoms with Crippen LogP contribution in [0.15, 0.2) is 18.2 Å². The van der Waals surface area contributed by atoms with E-state index in [1.165, 1.54) is 6.07 Å². The van der Waals surface area contributed by atoms with Crippen LogP contribution in [0.25, 0.3) is 0 Å². The highest BCUT2D eigenvalue weighted by Crippen LogP contribution is 2.33. The van der Waals surface area contributed by atoms with E-state index in [1.807, 2.05) is 6.92 Å². The minimum Gasteiger partial charge on any atom is -0.314 e. The van der Waals surface area contributed by atoms with Crippen molar-refractivity contribution in [1.29, 1.82) is 0 Å². The Bertz CT molecular complexity index is 463. The fourth-order valence-electron chi connectivity index (χ4n) is 2.67. The molecule has 128 valence electrons. The van der Waals surface area contributed by atoms with Crippen molar-refractivity contribution in [2.75, 3.05) is 26.2 Å². The standard InChI is InChI=1S/C14H18F4N2.2ClH/c1-2-13(20-5-3-19-4-6-20)10-7-11(14(16,17)18)9-12(15)8-10;;/h7-9,13,19H,2-6H2,1H3;2*1H/t13-;;/m1../s1. The van der Waals surface area contributed by atoms with Crippen LogP contribution < -0.4 is 5.32 Å². The van der Waals surface area contributed by atoms with Crippen molar-refractivity contribution in [3.05, 3.63) is 35.1 Å². The lowest BCUT2D eigenvalue weighted by Gasteiger charge is -2.35. The molecule has 1 aromatic rings. The van der Waals surface area contributed by atoms with Gasteiger partial charge in [-0.15, -0.1) is 24.8 Å². The molecule has 0 unspecified atom stereocenters. The minimum absolute atomic E-state index is 0. The first kappa shape index (κ1) is 21.4. The second-order valence-corrected chi connectivity index (χ2v) is 4.98. The van der Waals surface area contributed by atoms with E-state index < -0.39 is 17.6 Å². The van der Waals surface area contributed by atoms with Crippen LogP contribution >= 0.6 is 24.8 Å². The average molecular weight is 363 g/mol. The van der Waals surface area contributed by atoms with E-state index in [0.29, 0.717) is 18.1 Å². The number of nitrogens with zero attached hydrogens (tertiary/aromatic N) is 1. The summed E-state index contributed by atoms with van der Waals surface area (Å²) < 4.78 is 51.8. The highest BCUT2D eigenvalue weighted by atomic mass is 35.5. The molecular formula is C14H20Cl2F4N2. The minimum atomic E-state index is -4.52. The second-order valence-electron chi connectivity index (χ2n) is 4.98. The first-order chi connectivity index (χ1) is 9.41. The quantitative estimate of drug-likeness (QED) is 0.816. The lowest BCUT2D eigenvalue weighted by Crippen LogP contribution is -2.45. The summed E-state index contributed by atoms with van der Waals surface area (Å²) in [6, 6.07) is 2.66. The summed E-state index contributed by atoms with van der Waals surface area (Å²) in [7, 11) is 0. The number of nitrogens with one attached hydrogen (secondary N) is 1. The summed E-state index contributed by atoms with van der Waals surface area (Å²) in [6.07, 6.45) is -3.86. The lowest BCUT2D eigenvalue weighted by atomic mass is 9.99. The van der Waals surface area contributed by atoms with Crippen LogP contribution in [0.2, 0.25) is 0 Å². The lowest BCUT2D eigenvalue weighted by molar-refractivity contribution is -0.137. The second kappa shape index (κ2) is 8.91. The zero-order chi connectivity index (χ0) is 14.8. The monoisotopic (exact) mass is 362 g/mol. The highest BCUT2D eigenvalue weighted by molar-refractivity contribution is 5.85. The van der Waals surface area contributed by atoms with Crippen molar-refractivity contribution >= 4 is 24.8 Å². The average Bonchev–Trinajstić information content (AvgIpc) is 2.39. The predicted molar refractivity (Wildman–Crippen MR) is 83.4 cm³/mol. The van der Waals surface area contributed by atoms with Crippen LogP contribution in [0, 0.1) is 5.82 Å². The normalized spacial score (nSPS) is 17.3. The number of rotatable bonds is 3. The molecule has 1 heterocycles. The number of piperazine rings is 1. The number of hydrogen-bond acceptors (Lipinski definition) is 2. The number of halogens is 6. The maximum absolute atomic E-state index is 13.5. The first-order valence-electron chi connectivity index (χ1n) is 6.74. The summed E-state index contributed by atoms with van der Waals surface area (Å²) in [4.78, 5) is 2.10. The van der Waals surface area contributed by atoms with Gasteiger partial charge >= 0.3 is 6.18 Å². The Hall–Kier alpha value is -0.560. The SMILES string of the molecule is CC[C@H](c1cc(F)cc(C(F)(F)F)c1)N1CCNCC1.Cl.Cl. The van der Waals surface area contributed by atoms with Crippen LogP contribution in [-0.4, -0.2) is 31.1 Å². The van der Waals surface area contributed by atoms with E-state index in [2.05, 4.69) is 10.2 Å². The van der Waals surface area contributed by atoms with Crippen molar-refractivity contribution in [3.63, 3.8) is 0 Å². The molecule has 1 atom stereocenters. The zero-order valence-corrected chi connectivity index (χ0v) is 13.8. The molecule has 0 amide bonds. The topological polar surface area (TPSA) is 15.3 Å². The molecule has 1 N–H and O–H groups in total. The van der Waals surface area contributed by atoms with Gasteiger partial charge in [-0.2, -0.15) is 13.2 Å². The Morgan fingerprint density at radius 1 is 1.14 bits per heavy atom. The van der Waals surface area contributed by atoms with Crippen LogP contribution in [0.3, 0.4) is 0 Å². The fraction of sp³-hybridized carbons (Fsp3) is 0.571. The van der Waals surface area contributed by atoms with Crippen LogP contribution in [-0.2, 0) is 6.18 Å². The Labute approximate surface area is 140 Å². The Morgan fingerprint density at radius 3 is 2.23 bits per heavy atom. The van der Waals surface area contributed by atoms with Gasteiger partial charge in [-0.3, -0.25) is 4.90 Å². The number of alkyl halides is 3. The summed E-state index contributed by atoms with van der Waals surface area (Å²) in [6.45, 7) is 5.04. The van der Waals surface area contributed by atoms with Gasteiger partial charge in [0.15, 0.2) is 0 Å². The molecule has 1 saturated heterocycles. The molecule has 0 radical (unpaired) electrons. The maximum Gasteiger partial charge on any atom is 0.416 e. The van der Waals surface area contributed by atoms with E-state index in [1.54, 1.807) is 0 Å². The van der Waals surface area contributed by atoms with Crippen molar-refractivity contribution in [3.8, 4) is 0 Å². The smallest absolute Gasteiger partial charge is 0.314 e. The van der Waals surface area contributed by atoms with Gasteiger partial charge in [0.2, 0.25) is 0 Å². The molecular weight excluding hydrogens is 343 g/mol. The van der Waals surface area contributed by atoms with E-state index in [4.69, 9.17) is 0 Å². The van der Waals surface area contributed by atoms with E-state index in [-0.39, 0.29) is 30.9 Å². The highest BCUT2D eigenvalue weighted by Gasteiger charge is 2.32.